The topological polar surface area (TPSA) is 17.1 Å². The van der Waals surface area contributed by atoms with Gasteiger partial charge in [-0.2, -0.15) is 0 Å². The highest BCUT2D eigenvalue weighted by molar-refractivity contribution is 5.90. The summed E-state index contributed by atoms with van der Waals surface area (Å²) in [6.07, 6.45) is 8.78. The summed E-state index contributed by atoms with van der Waals surface area (Å²) in [4.78, 5) is 13.1. The quantitative estimate of drug-likeness (QED) is 0.680. The minimum absolute atomic E-state index is 0.168. The largest absolute Gasteiger partial charge is 0.299 e. The zero-order valence-electron chi connectivity index (χ0n) is 15.3. The van der Waals surface area contributed by atoms with Crippen molar-refractivity contribution >= 4 is 5.78 Å². The first-order valence-corrected chi connectivity index (χ1v) is 9.57. The molecule has 0 saturated heterocycles. The molecule has 0 N–H and O–H groups in total. The van der Waals surface area contributed by atoms with Gasteiger partial charge in [-0.05, 0) is 75.0 Å². The molecule has 126 valence electrons. The zero-order chi connectivity index (χ0) is 16.6. The number of hydrogen-bond acceptors (Lipinski definition) is 1. The monoisotopic (exact) mass is 312 g/mol. The second kappa shape index (κ2) is 6.79. The minimum Gasteiger partial charge on any atom is -0.299 e. The molecule has 0 aliphatic heterocycles. The normalized spacial score (nSPS) is 31.6. The summed E-state index contributed by atoms with van der Waals surface area (Å²) in [7, 11) is 0. The third kappa shape index (κ3) is 3.54. The van der Waals surface area contributed by atoms with Crippen molar-refractivity contribution in [3.63, 3.8) is 0 Å². The first-order chi connectivity index (χ1) is 11.0. The molecule has 0 aromatic heterocycles. The van der Waals surface area contributed by atoms with Crippen LogP contribution < -0.4 is 0 Å². The Morgan fingerprint density at radius 1 is 1.00 bits per heavy atom. The summed E-state index contributed by atoms with van der Waals surface area (Å²) >= 11 is 0. The maximum Gasteiger partial charge on any atom is 0.143 e. The Morgan fingerprint density at radius 2 is 1.70 bits per heavy atom. The average molecular weight is 312 g/mol. The maximum absolute atomic E-state index is 13.1. The lowest BCUT2D eigenvalue weighted by Gasteiger charge is -2.28. The molecule has 2 saturated carbocycles. The summed E-state index contributed by atoms with van der Waals surface area (Å²) in [5.74, 6) is 2.70. The van der Waals surface area contributed by atoms with E-state index in [2.05, 4.69) is 39.8 Å². The van der Waals surface area contributed by atoms with Gasteiger partial charge in [0.1, 0.15) is 5.78 Å². The average Bonchev–Trinajstić information content (AvgIpc) is 2.80. The van der Waals surface area contributed by atoms with Crippen LogP contribution in [0.5, 0.6) is 0 Å². The van der Waals surface area contributed by atoms with Crippen molar-refractivity contribution in [3.05, 3.63) is 34.4 Å². The van der Waals surface area contributed by atoms with Gasteiger partial charge in [0.05, 0.1) is 0 Å². The molecule has 1 aromatic carbocycles. The highest BCUT2D eigenvalue weighted by atomic mass is 16.1. The van der Waals surface area contributed by atoms with Gasteiger partial charge in [0.15, 0.2) is 0 Å². The van der Waals surface area contributed by atoms with E-state index in [0.29, 0.717) is 11.7 Å². The maximum atomic E-state index is 13.1. The molecule has 2 aliphatic carbocycles. The molecule has 1 nitrogen and oxygen atoms in total. The molecular weight excluding hydrogens is 280 g/mol. The number of benzene rings is 1. The van der Waals surface area contributed by atoms with Crippen molar-refractivity contribution in [2.45, 2.75) is 78.6 Å². The fraction of sp³-hybridized carbons (Fsp3) is 0.682. The molecular formula is C22H32O. The SMILES string of the molecule is Cc1cc(C)c(C2CCC(CC3CCCC(C)C3)C2=O)c(C)c1. The molecule has 0 bridgehead atoms. The van der Waals surface area contributed by atoms with Gasteiger partial charge in [0.25, 0.3) is 0 Å². The Labute approximate surface area is 141 Å². The van der Waals surface area contributed by atoms with Gasteiger partial charge >= 0.3 is 0 Å². The van der Waals surface area contributed by atoms with E-state index < -0.39 is 0 Å². The molecule has 1 heteroatoms. The van der Waals surface area contributed by atoms with Crippen LogP contribution in [0.15, 0.2) is 12.1 Å². The van der Waals surface area contributed by atoms with E-state index in [-0.39, 0.29) is 5.92 Å². The molecule has 0 radical (unpaired) electrons. The summed E-state index contributed by atoms with van der Waals surface area (Å²) in [5, 5.41) is 0. The molecule has 23 heavy (non-hydrogen) atoms. The smallest absolute Gasteiger partial charge is 0.143 e. The first-order valence-electron chi connectivity index (χ1n) is 9.57. The van der Waals surface area contributed by atoms with Crippen LogP contribution in [0, 0.1) is 38.5 Å². The third-order valence-electron chi connectivity index (χ3n) is 6.30. The third-order valence-corrected chi connectivity index (χ3v) is 6.30. The minimum atomic E-state index is 0.168. The number of carbonyl (C=O) groups excluding carboxylic acids is 1. The summed E-state index contributed by atoms with van der Waals surface area (Å²) in [5.41, 5.74) is 5.27. The zero-order valence-corrected chi connectivity index (χ0v) is 15.3. The van der Waals surface area contributed by atoms with Crippen LogP contribution in [-0.4, -0.2) is 5.78 Å². The van der Waals surface area contributed by atoms with Crippen molar-refractivity contribution in [1.82, 2.24) is 0 Å². The van der Waals surface area contributed by atoms with Gasteiger partial charge < -0.3 is 0 Å². The fourth-order valence-corrected chi connectivity index (χ4v) is 5.37. The second-order valence-corrected chi connectivity index (χ2v) is 8.42. The molecule has 0 spiro atoms. The number of rotatable bonds is 3. The summed E-state index contributed by atoms with van der Waals surface area (Å²) in [6.45, 7) is 8.88. The Balaban J connectivity index is 1.72. The van der Waals surface area contributed by atoms with Crippen LogP contribution in [-0.2, 0) is 4.79 Å². The fourth-order valence-electron chi connectivity index (χ4n) is 5.37. The van der Waals surface area contributed by atoms with Crippen LogP contribution in [0.3, 0.4) is 0 Å². The van der Waals surface area contributed by atoms with Crippen LogP contribution in [0.4, 0.5) is 0 Å². The van der Waals surface area contributed by atoms with E-state index >= 15 is 0 Å². The van der Waals surface area contributed by atoms with Gasteiger partial charge in [-0.1, -0.05) is 43.9 Å². The molecule has 0 amide bonds. The van der Waals surface area contributed by atoms with Gasteiger partial charge in [0, 0.05) is 11.8 Å². The van der Waals surface area contributed by atoms with E-state index in [1.165, 1.54) is 47.9 Å². The Hall–Kier alpha value is -1.11. The van der Waals surface area contributed by atoms with Gasteiger partial charge in [0.2, 0.25) is 0 Å². The first kappa shape index (κ1) is 16.7. The Bertz CT molecular complexity index is 563. The molecule has 4 atom stereocenters. The highest BCUT2D eigenvalue weighted by Gasteiger charge is 2.37. The Kier molecular flexibility index (Phi) is 4.94. The van der Waals surface area contributed by atoms with Crippen LogP contribution >= 0.6 is 0 Å². The van der Waals surface area contributed by atoms with Crippen molar-refractivity contribution in [2.24, 2.45) is 17.8 Å². The van der Waals surface area contributed by atoms with Crippen molar-refractivity contribution in [3.8, 4) is 0 Å². The number of aryl methyl sites for hydroxylation is 3. The van der Waals surface area contributed by atoms with Crippen LogP contribution in [0.1, 0.15) is 80.0 Å². The highest BCUT2D eigenvalue weighted by Crippen LogP contribution is 2.43. The standard InChI is InChI=1S/C22H32O/c1-14-6-5-7-18(12-14)13-19-8-9-20(22(19)23)21-16(3)10-15(2)11-17(21)4/h10-11,14,18-20H,5-9,12-13H2,1-4H3. The van der Waals surface area contributed by atoms with Crippen molar-refractivity contribution < 1.29 is 4.79 Å². The second-order valence-electron chi connectivity index (χ2n) is 8.42. The number of hydrogen-bond donors (Lipinski definition) is 0. The van der Waals surface area contributed by atoms with E-state index in [1.807, 2.05) is 0 Å². The number of carbonyl (C=O) groups is 1. The van der Waals surface area contributed by atoms with E-state index in [0.717, 1.165) is 31.1 Å². The van der Waals surface area contributed by atoms with Gasteiger partial charge in [-0.3, -0.25) is 4.79 Å². The molecule has 0 heterocycles. The van der Waals surface area contributed by atoms with Crippen molar-refractivity contribution in [2.75, 3.05) is 0 Å². The lowest BCUT2D eigenvalue weighted by Crippen LogP contribution is -2.21. The lowest BCUT2D eigenvalue weighted by molar-refractivity contribution is -0.122. The van der Waals surface area contributed by atoms with Gasteiger partial charge in [-0.15, -0.1) is 0 Å². The number of ketones is 1. The van der Waals surface area contributed by atoms with Crippen LogP contribution in [0.25, 0.3) is 0 Å². The predicted molar refractivity (Wildman–Crippen MR) is 96.9 cm³/mol. The van der Waals surface area contributed by atoms with Gasteiger partial charge in [-0.25, -0.2) is 0 Å². The number of Topliss-reactive ketones (excluding diaryl/α,β-unsaturated/α-hetero) is 1. The predicted octanol–water partition coefficient (Wildman–Crippen LogP) is 5.89. The van der Waals surface area contributed by atoms with Crippen molar-refractivity contribution in [1.29, 1.82) is 0 Å². The molecule has 1 aromatic rings. The van der Waals surface area contributed by atoms with E-state index in [9.17, 15) is 4.79 Å². The lowest BCUT2D eigenvalue weighted by atomic mass is 9.77. The Morgan fingerprint density at radius 3 is 2.35 bits per heavy atom. The summed E-state index contributed by atoms with van der Waals surface area (Å²) < 4.78 is 0. The van der Waals surface area contributed by atoms with E-state index in [1.54, 1.807) is 0 Å². The molecule has 4 unspecified atom stereocenters. The molecule has 3 rings (SSSR count). The summed E-state index contributed by atoms with van der Waals surface area (Å²) in [6, 6.07) is 4.48. The van der Waals surface area contributed by atoms with Crippen LogP contribution in [0.2, 0.25) is 0 Å². The van der Waals surface area contributed by atoms with E-state index in [4.69, 9.17) is 0 Å². The molecule has 2 aliphatic rings. The molecule has 2 fully saturated rings.